The minimum Gasteiger partial charge on any atom is -0.378 e. The van der Waals surface area contributed by atoms with Gasteiger partial charge in [0.2, 0.25) is 0 Å². The Morgan fingerprint density at radius 1 is 1.21 bits per heavy atom. The molecule has 1 fully saturated rings. The topological polar surface area (TPSA) is 98.3 Å². The lowest BCUT2D eigenvalue weighted by atomic mass is 10.1. The van der Waals surface area contributed by atoms with Gasteiger partial charge < -0.3 is 19.5 Å². The summed E-state index contributed by atoms with van der Waals surface area (Å²) < 4.78 is 12.7. The smallest absolute Gasteiger partial charge is 0.259 e. The highest BCUT2D eigenvalue weighted by molar-refractivity contribution is 6.04. The number of carbonyl (C=O) groups is 1. The van der Waals surface area contributed by atoms with E-state index in [1.807, 2.05) is 42.2 Å². The molecule has 28 heavy (non-hydrogen) atoms. The molecule has 0 saturated carbocycles. The van der Waals surface area contributed by atoms with Crippen LogP contribution in [0.4, 0.5) is 5.82 Å². The molecule has 0 aliphatic carbocycles. The molecule has 1 N–H and O–H groups in total. The van der Waals surface area contributed by atoms with Crippen LogP contribution in [0.3, 0.4) is 0 Å². The molecule has 1 unspecified atom stereocenters. The first-order valence-electron chi connectivity index (χ1n) is 9.17. The quantitative estimate of drug-likeness (QED) is 0.718. The van der Waals surface area contributed by atoms with Gasteiger partial charge in [-0.15, -0.1) is 0 Å². The van der Waals surface area contributed by atoms with Crippen LogP contribution in [0.5, 0.6) is 0 Å². The molecule has 3 aromatic rings. The van der Waals surface area contributed by atoms with Gasteiger partial charge in [0, 0.05) is 25.7 Å². The maximum absolute atomic E-state index is 13.3. The SMILES string of the molecule is CC(NC(=O)c1c(N2CCOCC2)noc1-c1ccccc1)c1ncnn1C. The van der Waals surface area contributed by atoms with E-state index >= 15 is 0 Å². The first-order valence-corrected chi connectivity index (χ1v) is 9.17. The van der Waals surface area contributed by atoms with Crippen LogP contribution in [-0.4, -0.2) is 52.1 Å². The Balaban J connectivity index is 1.69. The molecule has 1 atom stereocenters. The highest BCUT2D eigenvalue weighted by Crippen LogP contribution is 2.32. The van der Waals surface area contributed by atoms with Gasteiger partial charge in [0.25, 0.3) is 5.91 Å². The molecule has 1 saturated heterocycles. The Morgan fingerprint density at radius 2 is 1.96 bits per heavy atom. The molecule has 1 aliphatic rings. The number of benzene rings is 1. The number of morpholine rings is 1. The normalized spacial score (nSPS) is 15.4. The van der Waals surface area contributed by atoms with E-state index in [-0.39, 0.29) is 11.9 Å². The highest BCUT2D eigenvalue weighted by atomic mass is 16.5. The number of aryl methyl sites for hydroxylation is 1. The Bertz CT molecular complexity index is 946. The van der Waals surface area contributed by atoms with Crippen LogP contribution in [0.15, 0.2) is 41.2 Å². The number of nitrogens with one attached hydrogen (secondary N) is 1. The maximum atomic E-state index is 13.3. The number of aromatic nitrogens is 4. The largest absolute Gasteiger partial charge is 0.378 e. The molecule has 3 heterocycles. The first-order chi connectivity index (χ1) is 13.6. The Kier molecular flexibility index (Phi) is 5.07. The zero-order valence-electron chi connectivity index (χ0n) is 15.8. The second-order valence-electron chi connectivity index (χ2n) is 6.61. The van der Waals surface area contributed by atoms with E-state index in [0.29, 0.717) is 49.3 Å². The molecule has 1 amide bonds. The summed E-state index contributed by atoms with van der Waals surface area (Å²) in [6, 6.07) is 9.18. The van der Waals surface area contributed by atoms with Gasteiger partial charge in [-0.3, -0.25) is 9.48 Å². The lowest BCUT2D eigenvalue weighted by molar-refractivity contribution is 0.0936. The van der Waals surface area contributed by atoms with Gasteiger partial charge >= 0.3 is 0 Å². The first kappa shape index (κ1) is 18.2. The third-order valence-electron chi connectivity index (χ3n) is 4.73. The molecule has 2 aromatic heterocycles. The fourth-order valence-electron chi connectivity index (χ4n) is 3.29. The number of ether oxygens (including phenoxy) is 1. The van der Waals surface area contributed by atoms with Gasteiger partial charge in [-0.1, -0.05) is 35.5 Å². The Labute approximate surface area is 162 Å². The summed E-state index contributed by atoms with van der Waals surface area (Å²) in [6.07, 6.45) is 1.46. The van der Waals surface area contributed by atoms with Gasteiger partial charge in [0.15, 0.2) is 11.6 Å². The number of anilines is 1. The predicted octanol–water partition coefficient (Wildman–Crippen LogP) is 1.80. The van der Waals surface area contributed by atoms with Gasteiger partial charge in [-0.25, -0.2) is 4.98 Å². The predicted molar refractivity (Wildman–Crippen MR) is 102 cm³/mol. The summed E-state index contributed by atoms with van der Waals surface area (Å²) in [5.41, 5.74) is 1.22. The van der Waals surface area contributed by atoms with Crippen LogP contribution in [0.1, 0.15) is 29.1 Å². The number of hydrogen-bond donors (Lipinski definition) is 1. The summed E-state index contributed by atoms with van der Waals surface area (Å²) in [4.78, 5) is 19.5. The zero-order chi connectivity index (χ0) is 19.5. The van der Waals surface area contributed by atoms with Gasteiger partial charge in [0.1, 0.15) is 17.7 Å². The summed E-state index contributed by atoms with van der Waals surface area (Å²) in [5, 5.41) is 11.3. The van der Waals surface area contributed by atoms with Crippen molar-refractivity contribution in [3.8, 4) is 11.3 Å². The fourth-order valence-corrected chi connectivity index (χ4v) is 3.29. The molecule has 0 radical (unpaired) electrons. The summed E-state index contributed by atoms with van der Waals surface area (Å²) in [6.45, 7) is 4.35. The molecule has 4 rings (SSSR count). The molecule has 1 aliphatic heterocycles. The van der Waals surface area contributed by atoms with Crippen LogP contribution in [0.2, 0.25) is 0 Å². The molecule has 1 aromatic carbocycles. The minimum atomic E-state index is -0.323. The van der Waals surface area contributed by atoms with Crippen LogP contribution in [0, 0.1) is 0 Å². The Morgan fingerprint density at radius 3 is 2.64 bits per heavy atom. The average molecular weight is 382 g/mol. The van der Waals surface area contributed by atoms with E-state index in [4.69, 9.17) is 9.26 Å². The van der Waals surface area contributed by atoms with Crippen molar-refractivity contribution in [2.45, 2.75) is 13.0 Å². The number of amides is 1. The van der Waals surface area contributed by atoms with Crippen molar-refractivity contribution in [1.82, 2.24) is 25.2 Å². The Hall–Kier alpha value is -3.20. The van der Waals surface area contributed by atoms with Crippen LogP contribution >= 0.6 is 0 Å². The zero-order valence-corrected chi connectivity index (χ0v) is 15.8. The number of carbonyl (C=O) groups excluding carboxylic acids is 1. The van der Waals surface area contributed by atoms with Crippen molar-refractivity contribution in [2.75, 3.05) is 31.2 Å². The molecule has 0 bridgehead atoms. The van der Waals surface area contributed by atoms with Crippen molar-refractivity contribution in [3.05, 3.63) is 48.0 Å². The van der Waals surface area contributed by atoms with Crippen molar-refractivity contribution in [3.63, 3.8) is 0 Å². The summed E-state index contributed by atoms with van der Waals surface area (Å²) in [5.74, 6) is 1.38. The van der Waals surface area contributed by atoms with Crippen LogP contribution < -0.4 is 10.2 Å². The molecular weight excluding hydrogens is 360 g/mol. The monoisotopic (exact) mass is 382 g/mol. The molecule has 146 valence electrons. The second-order valence-corrected chi connectivity index (χ2v) is 6.61. The summed E-state index contributed by atoms with van der Waals surface area (Å²) in [7, 11) is 1.79. The maximum Gasteiger partial charge on any atom is 0.259 e. The third kappa shape index (κ3) is 3.48. The van der Waals surface area contributed by atoms with Crippen molar-refractivity contribution >= 4 is 11.7 Å². The van der Waals surface area contributed by atoms with E-state index in [0.717, 1.165) is 5.56 Å². The number of rotatable bonds is 5. The van der Waals surface area contributed by atoms with E-state index in [1.54, 1.807) is 11.7 Å². The highest BCUT2D eigenvalue weighted by Gasteiger charge is 2.29. The average Bonchev–Trinajstić information content (AvgIpc) is 3.36. The standard InChI is InChI=1S/C19H22N6O3/c1-13(17-20-12-21-24(17)2)22-19(26)15-16(14-6-4-3-5-7-14)28-23-18(15)25-8-10-27-11-9-25/h3-7,12-13H,8-11H2,1-2H3,(H,22,26). The lowest BCUT2D eigenvalue weighted by Crippen LogP contribution is -2.38. The van der Waals surface area contributed by atoms with Crippen molar-refractivity contribution in [1.29, 1.82) is 0 Å². The third-order valence-corrected chi connectivity index (χ3v) is 4.73. The van der Waals surface area contributed by atoms with Gasteiger partial charge in [0.05, 0.1) is 19.3 Å². The molecule has 9 heteroatoms. The molecule has 0 spiro atoms. The van der Waals surface area contributed by atoms with Crippen LogP contribution in [0.25, 0.3) is 11.3 Å². The fraction of sp³-hybridized carbons (Fsp3) is 0.368. The van der Waals surface area contributed by atoms with E-state index in [1.165, 1.54) is 6.33 Å². The van der Waals surface area contributed by atoms with E-state index in [2.05, 4.69) is 20.6 Å². The number of nitrogens with zero attached hydrogens (tertiary/aromatic N) is 5. The second kappa shape index (κ2) is 7.81. The van der Waals surface area contributed by atoms with Gasteiger partial charge in [-0.2, -0.15) is 5.10 Å². The minimum absolute atomic E-state index is 0.267. The van der Waals surface area contributed by atoms with Gasteiger partial charge in [-0.05, 0) is 6.92 Å². The van der Waals surface area contributed by atoms with Crippen LogP contribution in [-0.2, 0) is 11.8 Å². The van der Waals surface area contributed by atoms with Crippen molar-refractivity contribution < 1.29 is 14.1 Å². The molecule has 9 nitrogen and oxygen atoms in total. The summed E-state index contributed by atoms with van der Waals surface area (Å²) >= 11 is 0. The number of hydrogen-bond acceptors (Lipinski definition) is 7. The molecular formula is C19H22N6O3. The van der Waals surface area contributed by atoms with E-state index < -0.39 is 0 Å². The lowest BCUT2D eigenvalue weighted by Gasteiger charge is -2.27. The van der Waals surface area contributed by atoms with Crippen molar-refractivity contribution in [2.24, 2.45) is 7.05 Å². The van der Waals surface area contributed by atoms with E-state index in [9.17, 15) is 4.79 Å².